The van der Waals surface area contributed by atoms with E-state index in [2.05, 4.69) is 182 Å². The lowest BCUT2D eigenvalue weighted by Crippen LogP contribution is -2.10. The maximum Gasteiger partial charge on any atom is 0.330 e. The second-order valence-corrected chi connectivity index (χ2v) is 16.3. The van der Waals surface area contributed by atoms with Gasteiger partial charge < -0.3 is 28.7 Å². The van der Waals surface area contributed by atoms with Crippen LogP contribution < -0.4 is 9.80 Å². The van der Waals surface area contributed by atoms with Crippen molar-refractivity contribution in [2.45, 2.75) is 51.4 Å². The number of carbonyl (C=O) groups excluding carboxylic acids is 4. The van der Waals surface area contributed by atoms with Gasteiger partial charge in [-0.1, -0.05) is 99.1 Å². The number of carbonyl (C=O) groups is 4. The number of aryl methyl sites for hydroxylation is 4. The van der Waals surface area contributed by atoms with Crippen molar-refractivity contribution in [3.05, 3.63) is 218 Å². The molecule has 0 aliphatic rings. The van der Waals surface area contributed by atoms with Gasteiger partial charge in [-0.15, -0.1) is 0 Å². The summed E-state index contributed by atoms with van der Waals surface area (Å²) in [5.41, 5.74) is 12.6. The fourth-order valence-corrected chi connectivity index (χ4v) is 7.78. The van der Waals surface area contributed by atoms with Crippen LogP contribution in [0.5, 0.6) is 0 Å². The molecule has 0 N–H and O–H groups in total. The molecule has 6 rings (SSSR count). The van der Waals surface area contributed by atoms with Crippen molar-refractivity contribution < 1.29 is 38.1 Å². The van der Waals surface area contributed by atoms with Gasteiger partial charge in [-0.25, -0.2) is 19.2 Å². The first-order chi connectivity index (χ1) is 34.2. The summed E-state index contributed by atoms with van der Waals surface area (Å²) < 4.78 is 20.7. The minimum atomic E-state index is -0.418. The zero-order valence-electron chi connectivity index (χ0n) is 39.6. The van der Waals surface area contributed by atoms with Gasteiger partial charge in [0.05, 0.1) is 26.4 Å². The smallest absolute Gasteiger partial charge is 0.330 e. The summed E-state index contributed by atoms with van der Waals surface area (Å²) in [6.45, 7) is 15.2. The average molecular weight is 937 g/mol. The van der Waals surface area contributed by atoms with Gasteiger partial charge in [0.15, 0.2) is 0 Å². The number of anilines is 6. The molecule has 0 bridgehead atoms. The molecule has 0 radical (unpaired) electrons. The van der Waals surface area contributed by atoms with Crippen LogP contribution in [0.25, 0.3) is 11.1 Å². The van der Waals surface area contributed by atoms with Crippen molar-refractivity contribution in [3.63, 3.8) is 0 Å². The van der Waals surface area contributed by atoms with E-state index in [-0.39, 0.29) is 0 Å². The number of rotatable bonds is 27. The molecule has 6 aromatic rings. The van der Waals surface area contributed by atoms with Crippen LogP contribution in [-0.2, 0) is 63.8 Å². The van der Waals surface area contributed by atoms with Gasteiger partial charge in [-0.3, -0.25) is 0 Å². The van der Waals surface area contributed by atoms with Gasteiger partial charge in [-0.05, 0) is 158 Å². The molecule has 0 saturated heterocycles. The molecular formula is C60H60N2O8. The average Bonchev–Trinajstić information content (AvgIpc) is 3.40. The first-order valence-corrected chi connectivity index (χ1v) is 23.5. The first kappa shape index (κ1) is 51.2. The van der Waals surface area contributed by atoms with Crippen molar-refractivity contribution in [2.75, 3.05) is 36.2 Å². The third kappa shape index (κ3) is 15.4. The summed E-state index contributed by atoms with van der Waals surface area (Å²) >= 11 is 0. The van der Waals surface area contributed by atoms with E-state index in [0.29, 0.717) is 52.1 Å². The molecule has 0 aliphatic heterocycles. The topological polar surface area (TPSA) is 112 Å². The Balaban J connectivity index is 1.22. The number of ether oxygens (including phenoxy) is 4. The molecule has 358 valence electrons. The molecule has 70 heavy (non-hydrogen) atoms. The lowest BCUT2D eigenvalue weighted by molar-refractivity contribution is -0.138. The number of benzene rings is 6. The Hall–Kier alpha value is -8.24. The summed E-state index contributed by atoms with van der Waals surface area (Å²) in [7, 11) is 0. The molecule has 6 aromatic carbocycles. The zero-order valence-corrected chi connectivity index (χ0v) is 39.6. The van der Waals surface area contributed by atoms with Gasteiger partial charge in [0.1, 0.15) is 0 Å². The summed E-state index contributed by atoms with van der Waals surface area (Å²) in [5.74, 6) is -1.67. The van der Waals surface area contributed by atoms with E-state index in [0.717, 1.165) is 93.2 Å². The van der Waals surface area contributed by atoms with Crippen molar-refractivity contribution in [1.29, 1.82) is 0 Å². The van der Waals surface area contributed by atoms with Gasteiger partial charge in [0, 0.05) is 58.4 Å². The predicted molar refractivity (Wildman–Crippen MR) is 279 cm³/mol. The Morgan fingerprint density at radius 3 is 0.686 bits per heavy atom. The van der Waals surface area contributed by atoms with Crippen molar-refractivity contribution >= 4 is 58.0 Å². The maximum absolute atomic E-state index is 11.5. The van der Waals surface area contributed by atoms with Gasteiger partial charge in [0.2, 0.25) is 0 Å². The van der Waals surface area contributed by atoms with E-state index >= 15 is 0 Å². The van der Waals surface area contributed by atoms with E-state index in [1.54, 1.807) is 0 Å². The Morgan fingerprint density at radius 2 is 0.500 bits per heavy atom. The second-order valence-electron chi connectivity index (χ2n) is 16.3. The summed E-state index contributed by atoms with van der Waals surface area (Å²) in [5, 5.41) is 0. The highest BCUT2D eigenvalue weighted by Gasteiger charge is 2.16. The third-order valence-electron chi connectivity index (χ3n) is 11.4. The quantitative estimate of drug-likeness (QED) is 0.0214. The maximum atomic E-state index is 11.5. The highest BCUT2D eigenvalue weighted by atomic mass is 16.5. The van der Waals surface area contributed by atoms with Gasteiger partial charge >= 0.3 is 23.9 Å². The molecule has 0 spiro atoms. The Kier molecular flexibility index (Phi) is 19.7. The number of hydrogen-bond donors (Lipinski definition) is 0. The minimum absolute atomic E-state index is 0.331. The third-order valence-corrected chi connectivity index (χ3v) is 11.4. The molecule has 0 aromatic heterocycles. The van der Waals surface area contributed by atoms with E-state index in [4.69, 9.17) is 18.9 Å². The van der Waals surface area contributed by atoms with Crippen LogP contribution in [0.4, 0.5) is 34.1 Å². The van der Waals surface area contributed by atoms with Crippen LogP contribution in [0.15, 0.2) is 196 Å². The van der Waals surface area contributed by atoms with Crippen LogP contribution in [0.2, 0.25) is 0 Å². The second kappa shape index (κ2) is 26.9. The number of esters is 4. The molecule has 10 heteroatoms. The van der Waals surface area contributed by atoms with Crippen molar-refractivity contribution in [3.8, 4) is 11.1 Å². The largest absolute Gasteiger partial charge is 0.463 e. The van der Waals surface area contributed by atoms with Gasteiger partial charge in [-0.2, -0.15) is 0 Å². The fraction of sp³-hybridized carbons (Fsp3) is 0.200. The van der Waals surface area contributed by atoms with Crippen LogP contribution in [0, 0.1) is 0 Å². The molecule has 0 saturated carbocycles. The van der Waals surface area contributed by atoms with Gasteiger partial charge in [0.25, 0.3) is 0 Å². The van der Waals surface area contributed by atoms with E-state index in [9.17, 15) is 19.2 Å². The van der Waals surface area contributed by atoms with Crippen LogP contribution in [0.1, 0.15) is 47.9 Å². The molecule has 0 fully saturated rings. The van der Waals surface area contributed by atoms with Crippen molar-refractivity contribution in [1.82, 2.24) is 0 Å². The number of nitrogens with zero attached hydrogens (tertiary/aromatic N) is 2. The SMILES string of the molecule is C=CC(=O)OCCCc1ccc(N(c2ccc(CCCOC(=O)C=C)cc2)c2ccc(-c3ccc(N(c4ccc(CCCOC(=O)C=C)cc4)c4ccc(CCCOC(=O)C=C)cc4)cc3)cc2)cc1. The summed E-state index contributed by atoms with van der Waals surface area (Å²) in [6.07, 6.45) is 10.6. The number of hydrogen-bond acceptors (Lipinski definition) is 10. The Bertz CT molecular complexity index is 2340. The van der Waals surface area contributed by atoms with Crippen LogP contribution in [-0.4, -0.2) is 50.3 Å². The minimum Gasteiger partial charge on any atom is -0.463 e. The molecular weight excluding hydrogens is 877 g/mol. The molecule has 0 atom stereocenters. The highest BCUT2D eigenvalue weighted by Crippen LogP contribution is 2.38. The lowest BCUT2D eigenvalue weighted by Gasteiger charge is -2.27. The summed E-state index contributed by atoms with van der Waals surface area (Å²) in [4.78, 5) is 50.4. The molecule has 0 unspecified atom stereocenters. The van der Waals surface area contributed by atoms with E-state index < -0.39 is 23.9 Å². The normalized spacial score (nSPS) is 10.6. The van der Waals surface area contributed by atoms with E-state index in [1.807, 2.05) is 0 Å². The predicted octanol–water partition coefficient (Wildman–Crippen LogP) is 12.9. The molecule has 0 heterocycles. The first-order valence-electron chi connectivity index (χ1n) is 23.5. The Morgan fingerprint density at radius 1 is 0.314 bits per heavy atom. The standard InChI is InChI=1S/C60H60N2O8/c1-5-57(63)67-41-9-13-45-17-29-51(30-18-45)61(52-31-19-46(20-32-52)14-10-42-68-58(64)6-2)55-37-25-49(26-38-55)50-27-39-56(40-28-50)62(53-33-21-47(22-34-53)15-11-43-69-59(65)7-3)54-35-23-48(24-36-54)16-12-44-70-60(66)8-4/h5-8,17-40H,1-4,9-16,41-44H2. The van der Waals surface area contributed by atoms with E-state index in [1.165, 1.54) is 24.3 Å². The molecule has 10 nitrogen and oxygen atoms in total. The highest BCUT2D eigenvalue weighted by molar-refractivity contribution is 5.83. The van der Waals surface area contributed by atoms with Crippen molar-refractivity contribution in [2.24, 2.45) is 0 Å². The Labute approximate surface area is 411 Å². The fourth-order valence-electron chi connectivity index (χ4n) is 7.78. The van der Waals surface area contributed by atoms with Crippen LogP contribution in [0.3, 0.4) is 0 Å². The molecule has 0 amide bonds. The molecule has 0 aliphatic carbocycles. The monoisotopic (exact) mass is 936 g/mol. The zero-order chi connectivity index (χ0) is 49.5. The lowest BCUT2D eigenvalue weighted by atomic mass is 10.0. The summed E-state index contributed by atoms with van der Waals surface area (Å²) in [6, 6.07) is 50.9. The van der Waals surface area contributed by atoms with Crippen LogP contribution >= 0.6 is 0 Å².